The Kier molecular flexibility index (Phi) is 3.53. The van der Waals surface area contributed by atoms with Crippen LogP contribution < -0.4 is 5.73 Å². The van der Waals surface area contributed by atoms with Crippen LogP contribution in [0.25, 0.3) is 0 Å². The third kappa shape index (κ3) is 2.48. The summed E-state index contributed by atoms with van der Waals surface area (Å²) >= 11 is 5.76. The van der Waals surface area contributed by atoms with Crippen LogP contribution in [-0.4, -0.2) is 5.91 Å². The van der Waals surface area contributed by atoms with Crippen molar-refractivity contribution < 1.29 is 4.79 Å². The molecule has 1 aromatic carbocycles. The third-order valence-electron chi connectivity index (χ3n) is 2.20. The SMILES string of the molecule is CC(C)C(C(N)=O)c1ccc(Cl)cc1. The maximum Gasteiger partial charge on any atom is 0.225 e. The highest BCUT2D eigenvalue weighted by atomic mass is 35.5. The van der Waals surface area contributed by atoms with Gasteiger partial charge < -0.3 is 5.73 Å². The summed E-state index contributed by atoms with van der Waals surface area (Å²) in [5, 5.41) is 0.667. The number of primary amides is 1. The summed E-state index contributed by atoms with van der Waals surface area (Å²) in [6.07, 6.45) is 0. The lowest BCUT2D eigenvalue weighted by Crippen LogP contribution is -2.25. The lowest BCUT2D eigenvalue weighted by atomic mass is 9.88. The zero-order valence-corrected chi connectivity index (χ0v) is 9.08. The van der Waals surface area contributed by atoms with Crippen molar-refractivity contribution in [3.8, 4) is 0 Å². The summed E-state index contributed by atoms with van der Waals surface area (Å²) in [6, 6.07) is 7.24. The molecule has 1 atom stereocenters. The Morgan fingerprint density at radius 1 is 1.29 bits per heavy atom. The van der Waals surface area contributed by atoms with Gasteiger partial charge in [0, 0.05) is 5.02 Å². The Labute approximate surface area is 89.1 Å². The molecule has 0 saturated carbocycles. The predicted molar refractivity (Wildman–Crippen MR) is 58.2 cm³/mol. The van der Waals surface area contributed by atoms with E-state index in [2.05, 4.69) is 0 Å². The molecule has 3 heteroatoms. The number of hydrogen-bond donors (Lipinski definition) is 1. The van der Waals surface area contributed by atoms with E-state index in [1.807, 2.05) is 26.0 Å². The summed E-state index contributed by atoms with van der Waals surface area (Å²) in [5.74, 6) is -0.316. The van der Waals surface area contributed by atoms with Gasteiger partial charge in [0.15, 0.2) is 0 Å². The molecule has 1 aromatic rings. The van der Waals surface area contributed by atoms with Crippen LogP contribution in [0.4, 0.5) is 0 Å². The Hall–Kier alpha value is -1.02. The molecule has 14 heavy (non-hydrogen) atoms. The van der Waals surface area contributed by atoms with Crippen LogP contribution >= 0.6 is 11.6 Å². The maximum atomic E-state index is 11.2. The molecule has 1 amide bonds. The molecule has 1 rings (SSSR count). The van der Waals surface area contributed by atoms with Gasteiger partial charge in [-0.1, -0.05) is 37.6 Å². The van der Waals surface area contributed by atoms with E-state index in [9.17, 15) is 4.79 Å². The van der Waals surface area contributed by atoms with Crippen LogP contribution in [-0.2, 0) is 4.79 Å². The molecular weight excluding hydrogens is 198 g/mol. The smallest absolute Gasteiger partial charge is 0.225 e. The van der Waals surface area contributed by atoms with E-state index in [0.29, 0.717) is 5.02 Å². The summed E-state index contributed by atoms with van der Waals surface area (Å²) in [7, 11) is 0. The topological polar surface area (TPSA) is 43.1 Å². The van der Waals surface area contributed by atoms with Gasteiger partial charge in [0.25, 0.3) is 0 Å². The van der Waals surface area contributed by atoms with Gasteiger partial charge in [0.1, 0.15) is 0 Å². The fourth-order valence-corrected chi connectivity index (χ4v) is 1.67. The fourth-order valence-electron chi connectivity index (χ4n) is 1.55. The summed E-state index contributed by atoms with van der Waals surface area (Å²) < 4.78 is 0. The molecule has 0 aliphatic carbocycles. The fraction of sp³-hybridized carbons (Fsp3) is 0.364. The Balaban J connectivity index is 3.00. The van der Waals surface area contributed by atoms with Crippen LogP contribution in [0.3, 0.4) is 0 Å². The van der Waals surface area contributed by atoms with Gasteiger partial charge in [0.05, 0.1) is 5.92 Å². The van der Waals surface area contributed by atoms with Gasteiger partial charge in [-0.2, -0.15) is 0 Å². The molecule has 0 fully saturated rings. The molecule has 0 radical (unpaired) electrons. The molecule has 76 valence electrons. The number of amides is 1. The van der Waals surface area contributed by atoms with Crippen molar-refractivity contribution in [2.45, 2.75) is 19.8 Å². The quantitative estimate of drug-likeness (QED) is 0.821. The second-order valence-corrected chi connectivity index (χ2v) is 4.11. The maximum absolute atomic E-state index is 11.2. The molecule has 0 spiro atoms. The minimum absolute atomic E-state index is 0.202. The molecule has 0 bridgehead atoms. The molecule has 1 unspecified atom stereocenters. The first-order valence-corrected chi connectivity index (χ1v) is 4.95. The Bertz CT molecular complexity index is 319. The molecular formula is C11H14ClNO. The van der Waals surface area contributed by atoms with E-state index in [0.717, 1.165) is 5.56 Å². The van der Waals surface area contributed by atoms with Crippen LogP contribution in [0, 0.1) is 5.92 Å². The monoisotopic (exact) mass is 211 g/mol. The molecule has 2 nitrogen and oxygen atoms in total. The lowest BCUT2D eigenvalue weighted by Gasteiger charge is -2.17. The summed E-state index contributed by atoms with van der Waals surface area (Å²) in [4.78, 5) is 11.2. The van der Waals surface area contributed by atoms with Gasteiger partial charge >= 0.3 is 0 Å². The predicted octanol–water partition coefficient (Wildman–Crippen LogP) is 2.56. The van der Waals surface area contributed by atoms with Crippen molar-refractivity contribution in [3.63, 3.8) is 0 Å². The number of benzene rings is 1. The highest BCUT2D eigenvalue weighted by Crippen LogP contribution is 2.25. The zero-order chi connectivity index (χ0) is 10.7. The van der Waals surface area contributed by atoms with Crippen molar-refractivity contribution in [3.05, 3.63) is 34.9 Å². The minimum Gasteiger partial charge on any atom is -0.369 e. The third-order valence-corrected chi connectivity index (χ3v) is 2.45. The lowest BCUT2D eigenvalue weighted by molar-refractivity contribution is -0.120. The summed E-state index contributed by atoms with van der Waals surface area (Å²) in [5.41, 5.74) is 6.26. The second-order valence-electron chi connectivity index (χ2n) is 3.68. The molecule has 0 aliphatic rings. The van der Waals surface area contributed by atoms with Crippen LogP contribution in [0.2, 0.25) is 5.02 Å². The number of nitrogens with two attached hydrogens (primary N) is 1. The van der Waals surface area contributed by atoms with Gasteiger partial charge in [-0.25, -0.2) is 0 Å². The van der Waals surface area contributed by atoms with Crippen LogP contribution in [0.1, 0.15) is 25.3 Å². The summed E-state index contributed by atoms with van der Waals surface area (Å²) in [6.45, 7) is 3.95. The van der Waals surface area contributed by atoms with Crippen molar-refractivity contribution in [1.82, 2.24) is 0 Å². The molecule has 0 saturated heterocycles. The van der Waals surface area contributed by atoms with Crippen molar-refractivity contribution in [1.29, 1.82) is 0 Å². The first-order valence-electron chi connectivity index (χ1n) is 4.57. The van der Waals surface area contributed by atoms with Gasteiger partial charge in [0.2, 0.25) is 5.91 Å². The van der Waals surface area contributed by atoms with Gasteiger partial charge in [-0.3, -0.25) is 4.79 Å². The first-order chi connectivity index (χ1) is 6.52. The second kappa shape index (κ2) is 4.47. The highest BCUT2D eigenvalue weighted by Gasteiger charge is 2.21. The number of rotatable bonds is 3. The van der Waals surface area contributed by atoms with E-state index in [1.165, 1.54) is 0 Å². The minimum atomic E-state index is -0.290. The highest BCUT2D eigenvalue weighted by molar-refractivity contribution is 6.30. The van der Waals surface area contributed by atoms with Crippen molar-refractivity contribution in [2.75, 3.05) is 0 Å². The van der Waals surface area contributed by atoms with Gasteiger partial charge in [-0.05, 0) is 23.6 Å². The average molecular weight is 212 g/mol. The number of carbonyl (C=O) groups is 1. The standard InChI is InChI=1S/C11H14ClNO/c1-7(2)10(11(13)14)8-3-5-9(12)6-4-8/h3-7,10H,1-2H3,(H2,13,14). The van der Waals surface area contributed by atoms with E-state index in [4.69, 9.17) is 17.3 Å². The normalized spacial score (nSPS) is 12.9. The molecule has 0 heterocycles. The largest absolute Gasteiger partial charge is 0.369 e. The van der Waals surface area contributed by atoms with E-state index < -0.39 is 0 Å². The Morgan fingerprint density at radius 3 is 2.14 bits per heavy atom. The average Bonchev–Trinajstić information content (AvgIpc) is 2.07. The van der Waals surface area contributed by atoms with E-state index >= 15 is 0 Å². The molecule has 0 aromatic heterocycles. The van der Waals surface area contributed by atoms with E-state index in [-0.39, 0.29) is 17.7 Å². The molecule has 0 aliphatic heterocycles. The van der Waals surface area contributed by atoms with Crippen LogP contribution in [0.5, 0.6) is 0 Å². The molecule has 2 N–H and O–H groups in total. The van der Waals surface area contributed by atoms with Crippen molar-refractivity contribution in [2.24, 2.45) is 11.7 Å². The number of carbonyl (C=O) groups excluding carboxylic acids is 1. The zero-order valence-electron chi connectivity index (χ0n) is 8.33. The van der Waals surface area contributed by atoms with Crippen LogP contribution in [0.15, 0.2) is 24.3 Å². The van der Waals surface area contributed by atoms with E-state index in [1.54, 1.807) is 12.1 Å². The first kappa shape index (κ1) is 11.1. The van der Waals surface area contributed by atoms with Gasteiger partial charge in [-0.15, -0.1) is 0 Å². The number of hydrogen-bond acceptors (Lipinski definition) is 1. The number of halogens is 1. The Morgan fingerprint density at radius 2 is 1.79 bits per heavy atom. The van der Waals surface area contributed by atoms with Crippen molar-refractivity contribution >= 4 is 17.5 Å².